The van der Waals surface area contributed by atoms with E-state index in [0.29, 0.717) is 18.9 Å². The maximum absolute atomic E-state index is 11.6. The Morgan fingerprint density at radius 3 is 2.94 bits per heavy atom. The monoisotopic (exact) mass is 245 g/mol. The molecule has 1 N–H and O–H groups in total. The Balaban J connectivity index is 2.02. The van der Waals surface area contributed by atoms with Crippen LogP contribution in [0, 0.1) is 5.92 Å². The van der Waals surface area contributed by atoms with Crippen LogP contribution in [-0.2, 0) is 18.4 Å². The van der Waals surface area contributed by atoms with E-state index in [0.717, 1.165) is 16.6 Å². The molecule has 1 aromatic carbocycles. The number of hydrogen-bond donors (Lipinski definition) is 1. The average molecular weight is 245 g/mol. The predicted octanol–water partition coefficient (Wildman–Crippen LogP) is 2.24. The Labute approximate surface area is 107 Å². The largest absolute Gasteiger partial charge is 0.352 e. The Hall–Kier alpha value is -1.84. The molecule has 0 saturated carbocycles. The molecule has 96 valence electrons. The van der Waals surface area contributed by atoms with Gasteiger partial charge in [-0.2, -0.15) is 0 Å². The molecule has 0 aliphatic heterocycles. The molecule has 0 spiro atoms. The highest BCUT2D eigenvalue weighted by atomic mass is 16.1. The van der Waals surface area contributed by atoms with Gasteiger partial charge in [-0.1, -0.05) is 19.9 Å². The number of carbonyl (C=O) groups excluding carboxylic acids is 1. The summed E-state index contributed by atoms with van der Waals surface area (Å²) in [4.78, 5) is 15.9. The molecule has 0 bridgehead atoms. The third-order valence-corrected chi connectivity index (χ3v) is 2.87. The number of aromatic nitrogens is 2. The summed E-state index contributed by atoms with van der Waals surface area (Å²) in [5.74, 6) is 0.495. The first-order valence-corrected chi connectivity index (χ1v) is 6.23. The van der Waals surface area contributed by atoms with Gasteiger partial charge in [0.05, 0.1) is 17.4 Å². The molecular formula is C14H19N3O. The highest BCUT2D eigenvalue weighted by Gasteiger charge is 2.05. The van der Waals surface area contributed by atoms with Gasteiger partial charge in [0.1, 0.15) is 0 Å². The first-order chi connectivity index (χ1) is 8.56. The van der Waals surface area contributed by atoms with Crippen LogP contribution < -0.4 is 5.32 Å². The fourth-order valence-electron chi connectivity index (χ4n) is 1.94. The lowest BCUT2D eigenvalue weighted by Crippen LogP contribution is -2.23. The number of nitrogens with zero attached hydrogens (tertiary/aromatic N) is 2. The van der Waals surface area contributed by atoms with E-state index in [-0.39, 0.29) is 5.91 Å². The minimum absolute atomic E-state index is 0.103. The van der Waals surface area contributed by atoms with Gasteiger partial charge >= 0.3 is 0 Å². The van der Waals surface area contributed by atoms with Crippen molar-refractivity contribution in [2.45, 2.75) is 26.8 Å². The number of imidazole rings is 1. The van der Waals surface area contributed by atoms with Crippen LogP contribution in [0.1, 0.15) is 25.8 Å². The molecule has 18 heavy (non-hydrogen) atoms. The Kier molecular flexibility index (Phi) is 3.65. The zero-order chi connectivity index (χ0) is 13.1. The van der Waals surface area contributed by atoms with Crippen molar-refractivity contribution in [3.05, 3.63) is 30.1 Å². The van der Waals surface area contributed by atoms with Crippen LogP contribution in [0.5, 0.6) is 0 Å². The molecular weight excluding hydrogens is 226 g/mol. The first kappa shape index (κ1) is 12.6. The van der Waals surface area contributed by atoms with E-state index < -0.39 is 0 Å². The minimum Gasteiger partial charge on any atom is -0.352 e. The zero-order valence-corrected chi connectivity index (χ0v) is 11.1. The van der Waals surface area contributed by atoms with Gasteiger partial charge in [0, 0.05) is 20.0 Å². The topological polar surface area (TPSA) is 46.9 Å². The van der Waals surface area contributed by atoms with Crippen LogP contribution in [-0.4, -0.2) is 15.5 Å². The van der Waals surface area contributed by atoms with Gasteiger partial charge in [-0.25, -0.2) is 4.98 Å². The smallest absolute Gasteiger partial charge is 0.220 e. The molecule has 0 aliphatic carbocycles. The van der Waals surface area contributed by atoms with Gasteiger partial charge < -0.3 is 9.88 Å². The summed E-state index contributed by atoms with van der Waals surface area (Å²) in [5, 5.41) is 2.93. The summed E-state index contributed by atoms with van der Waals surface area (Å²) < 4.78 is 1.98. The predicted molar refractivity (Wildman–Crippen MR) is 72.0 cm³/mol. The Morgan fingerprint density at radius 1 is 1.44 bits per heavy atom. The lowest BCUT2D eigenvalue weighted by molar-refractivity contribution is -0.121. The molecule has 2 rings (SSSR count). The second-order valence-electron chi connectivity index (χ2n) is 5.05. The number of benzene rings is 1. The van der Waals surface area contributed by atoms with Crippen molar-refractivity contribution >= 4 is 16.9 Å². The maximum Gasteiger partial charge on any atom is 0.220 e. The summed E-state index contributed by atoms with van der Waals surface area (Å²) in [7, 11) is 1.97. The summed E-state index contributed by atoms with van der Waals surface area (Å²) in [6.07, 6.45) is 2.37. The Morgan fingerprint density at radius 2 is 2.22 bits per heavy atom. The summed E-state index contributed by atoms with van der Waals surface area (Å²) in [6, 6.07) is 6.08. The summed E-state index contributed by atoms with van der Waals surface area (Å²) in [6.45, 7) is 4.65. The van der Waals surface area contributed by atoms with Crippen molar-refractivity contribution in [2.75, 3.05) is 0 Å². The second kappa shape index (κ2) is 5.21. The highest BCUT2D eigenvalue weighted by molar-refractivity contribution is 5.77. The molecule has 4 nitrogen and oxygen atoms in total. The van der Waals surface area contributed by atoms with Crippen molar-refractivity contribution in [1.29, 1.82) is 0 Å². The van der Waals surface area contributed by atoms with Crippen LogP contribution in [0.15, 0.2) is 24.5 Å². The quantitative estimate of drug-likeness (QED) is 0.898. The Bertz CT molecular complexity index is 557. The van der Waals surface area contributed by atoms with Crippen LogP contribution in [0.4, 0.5) is 0 Å². The fourth-order valence-corrected chi connectivity index (χ4v) is 1.94. The van der Waals surface area contributed by atoms with Gasteiger partial charge in [-0.3, -0.25) is 4.79 Å². The van der Waals surface area contributed by atoms with Crippen LogP contribution >= 0.6 is 0 Å². The normalized spacial score (nSPS) is 11.1. The van der Waals surface area contributed by atoms with E-state index in [1.165, 1.54) is 0 Å². The second-order valence-corrected chi connectivity index (χ2v) is 5.05. The van der Waals surface area contributed by atoms with Gasteiger partial charge in [-0.15, -0.1) is 0 Å². The highest BCUT2D eigenvalue weighted by Crippen LogP contribution is 2.13. The lowest BCUT2D eigenvalue weighted by Gasteiger charge is -2.07. The van der Waals surface area contributed by atoms with Gasteiger partial charge in [0.25, 0.3) is 0 Å². The number of nitrogens with one attached hydrogen (secondary N) is 1. The molecule has 0 atom stereocenters. The lowest BCUT2D eigenvalue weighted by atomic mass is 10.1. The number of hydrogen-bond acceptors (Lipinski definition) is 2. The number of fused-ring (bicyclic) bond motifs is 1. The van der Waals surface area contributed by atoms with E-state index in [1.807, 2.05) is 43.7 Å². The molecule has 2 aromatic rings. The van der Waals surface area contributed by atoms with E-state index in [9.17, 15) is 4.79 Å². The average Bonchev–Trinajstić information content (AvgIpc) is 2.67. The molecule has 4 heteroatoms. The number of rotatable bonds is 4. The van der Waals surface area contributed by atoms with E-state index in [2.05, 4.69) is 10.3 Å². The van der Waals surface area contributed by atoms with E-state index >= 15 is 0 Å². The molecule has 1 amide bonds. The van der Waals surface area contributed by atoms with E-state index in [1.54, 1.807) is 6.33 Å². The summed E-state index contributed by atoms with van der Waals surface area (Å²) >= 11 is 0. The molecule has 0 fully saturated rings. The summed E-state index contributed by atoms with van der Waals surface area (Å²) in [5.41, 5.74) is 3.15. The zero-order valence-electron chi connectivity index (χ0n) is 11.1. The maximum atomic E-state index is 11.6. The number of amides is 1. The van der Waals surface area contributed by atoms with Crippen molar-refractivity contribution in [1.82, 2.24) is 14.9 Å². The molecule has 1 aromatic heterocycles. The SMILES string of the molecule is CC(C)CC(=O)NCc1ccc2c(c1)ncn2C. The van der Waals surface area contributed by atoms with Crippen molar-refractivity contribution in [3.8, 4) is 0 Å². The van der Waals surface area contributed by atoms with E-state index in [4.69, 9.17) is 0 Å². The molecule has 0 saturated heterocycles. The van der Waals surface area contributed by atoms with Gasteiger partial charge in [0.2, 0.25) is 5.91 Å². The molecule has 0 aliphatic rings. The number of aryl methyl sites for hydroxylation is 1. The third kappa shape index (κ3) is 2.88. The number of carbonyl (C=O) groups is 1. The molecule has 1 heterocycles. The van der Waals surface area contributed by atoms with Crippen molar-refractivity contribution < 1.29 is 4.79 Å². The fraction of sp³-hybridized carbons (Fsp3) is 0.429. The van der Waals surface area contributed by atoms with Crippen LogP contribution in [0.3, 0.4) is 0 Å². The third-order valence-electron chi connectivity index (χ3n) is 2.87. The molecule has 0 unspecified atom stereocenters. The van der Waals surface area contributed by atoms with Crippen LogP contribution in [0.2, 0.25) is 0 Å². The first-order valence-electron chi connectivity index (χ1n) is 6.23. The van der Waals surface area contributed by atoms with Crippen LogP contribution in [0.25, 0.3) is 11.0 Å². The molecule has 0 radical (unpaired) electrons. The van der Waals surface area contributed by atoms with Gasteiger partial charge in [-0.05, 0) is 23.6 Å². The minimum atomic E-state index is 0.103. The van der Waals surface area contributed by atoms with Crippen molar-refractivity contribution in [2.24, 2.45) is 13.0 Å². The van der Waals surface area contributed by atoms with Crippen molar-refractivity contribution in [3.63, 3.8) is 0 Å². The standard InChI is InChI=1S/C14H19N3O/c1-10(2)6-14(18)15-8-11-4-5-13-12(7-11)16-9-17(13)3/h4-5,7,9-10H,6,8H2,1-3H3,(H,15,18). The van der Waals surface area contributed by atoms with Gasteiger partial charge in [0.15, 0.2) is 0 Å².